The molecule has 0 atom stereocenters. The minimum atomic E-state index is 0.534. The molecule has 0 aliphatic heterocycles. The predicted octanol–water partition coefficient (Wildman–Crippen LogP) is 6.97. The normalized spacial score (nSPS) is 11.4. The molecule has 0 radical (unpaired) electrons. The van der Waals surface area contributed by atoms with E-state index in [0.29, 0.717) is 15.9 Å². The number of benzene rings is 3. The summed E-state index contributed by atoms with van der Waals surface area (Å²) in [6, 6.07) is 21.6. The van der Waals surface area contributed by atoms with Gasteiger partial charge in [0.05, 0.1) is 0 Å². The number of rotatable bonds is 3. The van der Waals surface area contributed by atoms with Crippen molar-refractivity contribution in [2.45, 2.75) is 0 Å². The lowest BCUT2D eigenvalue weighted by Gasteiger charge is -1.99. The molecule has 0 N–H and O–H groups in total. The van der Waals surface area contributed by atoms with Crippen LogP contribution < -0.4 is 0 Å². The monoisotopic (exact) mass is 365 g/mol. The summed E-state index contributed by atoms with van der Waals surface area (Å²) >= 11 is 12.1. The molecule has 0 fully saturated rings. The molecule has 1 aromatic heterocycles. The van der Waals surface area contributed by atoms with Crippen molar-refractivity contribution in [3.8, 4) is 11.1 Å². The van der Waals surface area contributed by atoms with E-state index >= 15 is 0 Å². The van der Waals surface area contributed by atoms with Crippen LogP contribution in [0, 0.1) is 0 Å². The Kier molecular flexibility index (Phi) is 4.31. The Balaban J connectivity index is 1.66. The average Bonchev–Trinajstić information content (AvgIpc) is 3.04. The third-order valence-corrected chi connectivity index (χ3v) is 4.44. The fourth-order valence-electron chi connectivity index (χ4n) is 2.62. The standard InChI is InChI=1S/C21H13Cl2NO/c22-17-9-6-15(18(23)13-17)8-11-21-24-19-12-16(7-10-20(19)25-21)14-4-2-1-3-5-14/h1-13H/b11-8+. The van der Waals surface area contributed by atoms with Gasteiger partial charge in [-0.15, -0.1) is 0 Å². The number of halogens is 2. The molecule has 2 nitrogen and oxygen atoms in total. The van der Waals surface area contributed by atoms with Crippen molar-refractivity contribution in [1.29, 1.82) is 0 Å². The number of nitrogens with zero attached hydrogens (tertiary/aromatic N) is 1. The van der Waals surface area contributed by atoms with Crippen LogP contribution in [0.15, 0.2) is 71.1 Å². The molecule has 4 aromatic rings. The van der Waals surface area contributed by atoms with Gasteiger partial charge < -0.3 is 4.42 Å². The van der Waals surface area contributed by atoms with Gasteiger partial charge in [0.1, 0.15) is 5.52 Å². The lowest BCUT2D eigenvalue weighted by atomic mass is 10.1. The van der Waals surface area contributed by atoms with Gasteiger partial charge in [0.25, 0.3) is 0 Å². The molecule has 4 rings (SSSR count). The SMILES string of the molecule is Clc1ccc(/C=C/c2nc3cc(-c4ccccc4)ccc3o2)c(Cl)c1. The first-order chi connectivity index (χ1) is 12.2. The molecule has 0 amide bonds. The maximum atomic E-state index is 6.18. The fourth-order valence-corrected chi connectivity index (χ4v) is 3.10. The highest BCUT2D eigenvalue weighted by atomic mass is 35.5. The van der Waals surface area contributed by atoms with Crippen LogP contribution in [-0.2, 0) is 0 Å². The van der Waals surface area contributed by atoms with Crippen LogP contribution in [0.1, 0.15) is 11.5 Å². The Bertz CT molecular complexity index is 1070. The van der Waals surface area contributed by atoms with Crippen LogP contribution in [-0.4, -0.2) is 4.98 Å². The maximum absolute atomic E-state index is 6.18. The highest BCUT2D eigenvalue weighted by molar-refractivity contribution is 6.35. The second-order valence-electron chi connectivity index (χ2n) is 5.60. The Labute approximate surface area is 155 Å². The fraction of sp³-hybridized carbons (Fsp3) is 0. The van der Waals surface area contributed by atoms with E-state index in [0.717, 1.165) is 27.8 Å². The Morgan fingerprint density at radius 1 is 0.800 bits per heavy atom. The third kappa shape index (κ3) is 3.46. The van der Waals surface area contributed by atoms with Gasteiger partial charge in [-0.05, 0) is 47.0 Å². The molecule has 0 bridgehead atoms. The molecule has 3 aromatic carbocycles. The highest BCUT2D eigenvalue weighted by Crippen LogP contribution is 2.26. The van der Waals surface area contributed by atoms with Crippen molar-refractivity contribution in [3.05, 3.63) is 88.2 Å². The lowest BCUT2D eigenvalue weighted by molar-refractivity contribution is 0.590. The molecule has 25 heavy (non-hydrogen) atoms. The van der Waals surface area contributed by atoms with E-state index in [-0.39, 0.29) is 0 Å². The zero-order valence-corrected chi connectivity index (χ0v) is 14.6. The zero-order chi connectivity index (χ0) is 17.2. The molecule has 0 aliphatic rings. The summed E-state index contributed by atoms with van der Waals surface area (Å²) in [5.41, 5.74) is 4.69. The van der Waals surface area contributed by atoms with E-state index in [9.17, 15) is 0 Å². The summed E-state index contributed by atoms with van der Waals surface area (Å²) in [4.78, 5) is 4.54. The van der Waals surface area contributed by atoms with Gasteiger partial charge in [-0.25, -0.2) is 4.98 Å². The number of hydrogen-bond donors (Lipinski definition) is 0. The van der Waals surface area contributed by atoms with Gasteiger partial charge in [0.15, 0.2) is 5.58 Å². The molecule has 0 saturated heterocycles. The average molecular weight is 366 g/mol. The van der Waals surface area contributed by atoms with Gasteiger partial charge >= 0.3 is 0 Å². The second kappa shape index (κ2) is 6.75. The molecule has 0 spiro atoms. The molecule has 0 aliphatic carbocycles. The molecular formula is C21H13Cl2NO. The minimum Gasteiger partial charge on any atom is -0.437 e. The van der Waals surface area contributed by atoms with Crippen LogP contribution in [0.25, 0.3) is 34.4 Å². The first-order valence-electron chi connectivity index (χ1n) is 7.78. The summed E-state index contributed by atoms with van der Waals surface area (Å²) in [6.45, 7) is 0. The Morgan fingerprint density at radius 3 is 2.44 bits per heavy atom. The number of aromatic nitrogens is 1. The van der Waals surface area contributed by atoms with E-state index in [1.807, 2.05) is 48.5 Å². The van der Waals surface area contributed by atoms with Gasteiger partial charge in [-0.3, -0.25) is 0 Å². The zero-order valence-electron chi connectivity index (χ0n) is 13.1. The van der Waals surface area contributed by atoms with E-state index < -0.39 is 0 Å². The first-order valence-corrected chi connectivity index (χ1v) is 8.54. The van der Waals surface area contributed by atoms with E-state index in [2.05, 4.69) is 17.1 Å². The summed E-state index contributed by atoms with van der Waals surface area (Å²) in [7, 11) is 0. The Hall–Kier alpha value is -2.55. The van der Waals surface area contributed by atoms with Gasteiger partial charge in [0, 0.05) is 16.1 Å². The first kappa shape index (κ1) is 15.9. The molecule has 0 saturated carbocycles. The van der Waals surface area contributed by atoms with Crippen LogP contribution in [0.5, 0.6) is 0 Å². The maximum Gasteiger partial charge on any atom is 0.220 e. The van der Waals surface area contributed by atoms with Crippen molar-refractivity contribution < 1.29 is 4.42 Å². The van der Waals surface area contributed by atoms with E-state index in [1.54, 1.807) is 18.2 Å². The van der Waals surface area contributed by atoms with Crippen molar-refractivity contribution in [2.75, 3.05) is 0 Å². The number of fused-ring (bicyclic) bond motifs is 1. The van der Waals surface area contributed by atoms with Crippen LogP contribution in [0.3, 0.4) is 0 Å². The topological polar surface area (TPSA) is 26.0 Å². The molecule has 1 heterocycles. The summed E-state index contributed by atoms with van der Waals surface area (Å²) in [6.07, 6.45) is 3.67. The van der Waals surface area contributed by atoms with Crippen LogP contribution >= 0.6 is 23.2 Å². The summed E-state index contributed by atoms with van der Waals surface area (Å²) in [5.74, 6) is 0.534. The van der Waals surface area contributed by atoms with Crippen LogP contribution in [0.2, 0.25) is 10.0 Å². The number of oxazole rings is 1. The largest absolute Gasteiger partial charge is 0.437 e. The minimum absolute atomic E-state index is 0.534. The lowest BCUT2D eigenvalue weighted by Crippen LogP contribution is -1.77. The molecule has 122 valence electrons. The molecular weight excluding hydrogens is 353 g/mol. The van der Waals surface area contributed by atoms with Crippen molar-refractivity contribution >= 4 is 46.5 Å². The van der Waals surface area contributed by atoms with Crippen molar-refractivity contribution in [2.24, 2.45) is 0 Å². The molecule has 4 heteroatoms. The number of hydrogen-bond acceptors (Lipinski definition) is 2. The second-order valence-corrected chi connectivity index (χ2v) is 6.44. The predicted molar refractivity (Wildman–Crippen MR) is 105 cm³/mol. The smallest absolute Gasteiger partial charge is 0.220 e. The Morgan fingerprint density at radius 2 is 1.64 bits per heavy atom. The van der Waals surface area contributed by atoms with Crippen molar-refractivity contribution in [3.63, 3.8) is 0 Å². The third-order valence-electron chi connectivity index (χ3n) is 3.88. The van der Waals surface area contributed by atoms with Gasteiger partial charge in [-0.1, -0.05) is 65.7 Å². The van der Waals surface area contributed by atoms with Crippen molar-refractivity contribution in [1.82, 2.24) is 4.98 Å². The summed E-state index contributed by atoms with van der Waals surface area (Å²) < 4.78 is 5.78. The quantitative estimate of drug-likeness (QED) is 0.391. The van der Waals surface area contributed by atoms with E-state index in [1.165, 1.54) is 0 Å². The highest BCUT2D eigenvalue weighted by Gasteiger charge is 2.06. The van der Waals surface area contributed by atoms with Gasteiger partial charge in [0.2, 0.25) is 5.89 Å². The van der Waals surface area contributed by atoms with Gasteiger partial charge in [-0.2, -0.15) is 0 Å². The van der Waals surface area contributed by atoms with Crippen LogP contribution in [0.4, 0.5) is 0 Å². The van der Waals surface area contributed by atoms with E-state index in [4.69, 9.17) is 27.6 Å². The summed E-state index contributed by atoms with van der Waals surface area (Å²) in [5, 5.41) is 1.20. The molecule has 0 unspecified atom stereocenters.